The van der Waals surface area contributed by atoms with Crippen molar-refractivity contribution < 1.29 is 13.2 Å². The van der Waals surface area contributed by atoms with Gasteiger partial charge in [0.05, 0.1) is 11.6 Å². The molecule has 1 aliphatic carbocycles. The lowest BCUT2D eigenvalue weighted by Gasteiger charge is -2.42. The van der Waals surface area contributed by atoms with E-state index in [9.17, 15) is 13.2 Å². The number of alkyl halides is 3. The zero-order valence-electron chi connectivity index (χ0n) is 14.3. The van der Waals surface area contributed by atoms with E-state index >= 15 is 0 Å². The average molecular weight is 338 g/mol. The summed E-state index contributed by atoms with van der Waals surface area (Å²) in [5, 5.41) is 12.4. The van der Waals surface area contributed by atoms with Crippen molar-refractivity contribution in [2.75, 3.05) is 0 Å². The highest BCUT2D eigenvalue weighted by molar-refractivity contribution is 5.29. The molecule has 0 radical (unpaired) electrons. The smallest absolute Gasteiger partial charge is 0.310 e. The molecule has 0 atom stereocenters. The fourth-order valence-electron chi connectivity index (χ4n) is 3.72. The van der Waals surface area contributed by atoms with Gasteiger partial charge in [0.2, 0.25) is 0 Å². The lowest BCUT2D eigenvalue weighted by molar-refractivity contribution is -0.138. The summed E-state index contributed by atoms with van der Waals surface area (Å²) in [5.74, 6) is 0.448. The van der Waals surface area contributed by atoms with Gasteiger partial charge in [-0.05, 0) is 48.6 Å². The Morgan fingerprint density at radius 2 is 1.88 bits per heavy atom. The summed E-state index contributed by atoms with van der Waals surface area (Å²) in [6.07, 6.45) is -0.0194. The van der Waals surface area contributed by atoms with Crippen LogP contribution in [-0.4, -0.2) is 6.04 Å². The molecule has 1 fully saturated rings. The van der Waals surface area contributed by atoms with Crippen LogP contribution in [0.1, 0.15) is 57.1 Å². The molecule has 0 amide bonds. The van der Waals surface area contributed by atoms with E-state index in [0.29, 0.717) is 17.9 Å². The third-order valence-corrected chi connectivity index (χ3v) is 5.54. The fourth-order valence-corrected chi connectivity index (χ4v) is 3.72. The molecule has 0 aliphatic heterocycles. The third-order valence-electron chi connectivity index (χ3n) is 5.54. The fraction of sp³-hybridized carbons (Fsp3) is 0.632. The molecule has 1 saturated carbocycles. The molecule has 0 aromatic heterocycles. The van der Waals surface area contributed by atoms with Gasteiger partial charge in [-0.25, -0.2) is 0 Å². The van der Waals surface area contributed by atoms with Crippen molar-refractivity contribution in [3.63, 3.8) is 0 Å². The summed E-state index contributed by atoms with van der Waals surface area (Å²) in [4.78, 5) is 0. The summed E-state index contributed by atoms with van der Waals surface area (Å²) in [6, 6.07) is 8.26. The van der Waals surface area contributed by atoms with Crippen LogP contribution in [0.3, 0.4) is 0 Å². The molecule has 2 rings (SSSR count). The molecule has 0 bridgehead atoms. The van der Waals surface area contributed by atoms with Crippen molar-refractivity contribution in [1.29, 1.82) is 5.26 Å². The first kappa shape index (κ1) is 18.8. The molecule has 132 valence electrons. The van der Waals surface area contributed by atoms with Crippen LogP contribution in [0.5, 0.6) is 0 Å². The van der Waals surface area contributed by atoms with Crippen molar-refractivity contribution in [2.45, 2.75) is 64.7 Å². The van der Waals surface area contributed by atoms with E-state index in [1.54, 1.807) is 6.07 Å². The largest absolute Gasteiger partial charge is 0.416 e. The summed E-state index contributed by atoms with van der Waals surface area (Å²) in [6.45, 7) is 4.54. The van der Waals surface area contributed by atoms with E-state index in [1.165, 1.54) is 12.1 Å². The second kappa shape index (κ2) is 7.57. The first-order chi connectivity index (χ1) is 11.3. The van der Waals surface area contributed by atoms with Gasteiger partial charge < -0.3 is 5.32 Å². The molecule has 0 saturated heterocycles. The first-order valence-corrected chi connectivity index (χ1v) is 8.54. The summed E-state index contributed by atoms with van der Waals surface area (Å²) >= 11 is 0. The minimum absolute atomic E-state index is 0.0663. The molecule has 1 aromatic carbocycles. The molecule has 0 heterocycles. The molecule has 1 N–H and O–H groups in total. The quantitative estimate of drug-likeness (QED) is 0.791. The van der Waals surface area contributed by atoms with Crippen LogP contribution in [0.25, 0.3) is 0 Å². The van der Waals surface area contributed by atoms with Crippen molar-refractivity contribution in [1.82, 2.24) is 5.32 Å². The molecule has 5 heteroatoms. The minimum Gasteiger partial charge on any atom is -0.310 e. The molecule has 1 aromatic rings. The van der Waals surface area contributed by atoms with E-state index in [4.69, 9.17) is 5.26 Å². The Hall–Kier alpha value is -1.54. The van der Waals surface area contributed by atoms with Gasteiger partial charge in [0, 0.05) is 19.0 Å². The standard InChI is InChI=1S/C19H25F3N2/c1-14(2)18(11-12-23)9-7-16(8-10-18)24-13-15-5-3-4-6-17(15)19(20,21)22/h3-6,14,16,24H,7-11,13H2,1-2H3/t16-,18-. The lowest BCUT2D eigenvalue weighted by Crippen LogP contribution is -2.39. The first-order valence-electron chi connectivity index (χ1n) is 8.54. The number of nitriles is 1. The minimum atomic E-state index is -4.32. The van der Waals surface area contributed by atoms with E-state index in [2.05, 4.69) is 25.2 Å². The van der Waals surface area contributed by atoms with Crippen molar-refractivity contribution in [3.05, 3.63) is 35.4 Å². The zero-order chi connectivity index (χ0) is 17.8. The molecule has 24 heavy (non-hydrogen) atoms. The number of benzene rings is 1. The average Bonchev–Trinajstić information content (AvgIpc) is 2.54. The number of nitrogens with zero attached hydrogens (tertiary/aromatic N) is 1. The third kappa shape index (κ3) is 4.30. The highest BCUT2D eigenvalue weighted by atomic mass is 19.4. The van der Waals surface area contributed by atoms with E-state index < -0.39 is 11.7 Å². The Balaban J connectivity index is 1.96. The van der Waals surface area contributed by atoms with Gasteiger partial charge in [-0.15, -0.1) is 0 Å². The predicted molar refractivity (Wildman–Crippen MR) is 88.0 cm³/mol. The van der Waals surface area contributed by atoms with Gasteiger partial charge in [-0.3, -0.25) is 0 Å². The van der Waals surface area contributed by atoms with Gasteiger partial charge in [0.1, 0.15) is 0 Å². The highest BCUT2D eigenvalue weighted by Gasteiger charge is 2.38. The number of rotatable bonds is 5. The summed E-state index contributed by atoms with van der Waals surface area (Å²) in [7, 11) is 0. The Morgan fingerprint density at radius 1 is 1.25 bits per heavy atom. The SMILES string of the molecule is CC(C)[C@]1(CC#N)CC[C@@H](NCc2ccccc2C(F)(F)F)CC1. The Bertz CT molecular complexity index is 579. The molecule has 0 unspecified atom stereocenters. The maximum atomic E-state index is 13.0. The van der Waals surface area contributed by atoms with Gasteiger partial charge in [0.15, 0.2) is 0 Å². The van der Waals surface area contributed by atoms with E-state index in [-0.39, 0.29) is 18.0 Å². The van der Waals surface area contributed by atoms with Crippen LogP contribution in [0, 0.1) is 22.7 Å². The molecular formula is C19H25F3N2. The molecule has 1 aliphatic rings. The maximum absolute atomic E-state index is 13.0. The van der Waals surface area contributed by atoms with Crippen LogP contribution in [0.15, 0.2) is 24.3 Å². The molecular weight excluding hydrogens is 313 g/mol. The van der Waals surface area contributed by atoms with Crippen LogP contribution in [0.2, 0.25) is 0 Å². The highest BCUT2D eigenvalue weighted by Crippen LogP contribution is 2.45. The van der Waals surface area contributed by atoms with E-state index in [0.717, 1.165) is 31.7 Å². The van der Waals surface area contributed by atoms with Crippen LogP contribution in [0.4, 0.5) is 13.2 Å². The number of hydrogen-bond acceptors (Lipinski definition) is 2. The van der Waals surface area contributed by atoms with Crippen LogP contribution in [-0.2, 0) is 12.7 Å². The maximum Gasteiger partial charge on any atom is 0.416 e. The van der Waals surface area contributed by atoms with Gasteiger partial charge in [0.25, 0.3) is 0 Å². The Labute approximate surface area is 142 Å². The van der Waals surface area contributed by atoms with Crippen molar-refractivity contribution >= 4 is 0 Å². The Kier molecular flexibility index (Phi) is 5.92. The van der Waals surface area contributed by atoms with Crippen molar-refractivity contribution in [2.24, 2.45) is 11.3 Å². The van der Waals surface area contributed by atoms with Gasteiger partial charge in [-0.2, -0.15) is 18.4 Å². The second-order valence-corrected chi connectivity index (χ2v) is 7.16. The van der Waals surface area contributed by atoms with Crippen LogP contribution < -0.4 is 5.32 Å². The number of nitrogens with one attached hydrogen (secondary N) is 1. The van der Waals surface area contributed by atoms with E-state index in [1.807, 2.05) is 0 Å². The number of halogens is 3. The van der Waals surface area contributed by atoms with Gasteiger partial charge in [-0.1, -0.05) is 32.0 Å². The second-order valence-electron chi connectivity index (χ2n) is 7.16. The molecule has 0 spiro atoms. The van der Waals surface area contributed by atoms with Crippen molar-refractivity contribution in [3.8, 4) is 6.07 Å². The Morgan fingerprint density at radius 3 is 2.42 bits per heavy atom. The normalized spacial score (nSPS) is 24.8. The zero-order valence-corrected chi connectivity index (χ0v) is 14.3. The van der Waals surface area contributed by atoms with Gasteiger partial charge >= 0.3 is 6.18 Å². The molecule has 2 nitrogen and oxygen atoms in total. The monoisotopic (exact) mass is 338 g/mol. The summed E-state index contributed by atoms with van der Waals surface area (Å²) < 4.78 is 39.1. The van der Waals surface area contributed by atoms with Crippen LogP contribution >= 0.6 is 0 Å². The lowest BCUT2D eigenvalue weighted by atomic mass is 9.64. The topological polar surface area (TPSA) is 35.8 Å². The summed E-state index contributed by atoms with van der Waals surface area (Å²) in [5.41, 5.74) is -0.200. The number of hydrogen-bond donors (Lipinski definition) is 1. The predicted octanol–water partition coefficient (Wildman–Crippen LogP) is 5.29.